The number of carbonyl (C=O) groups excluding carboxylic acids is 1. The molecule has 3 N–H and O–H groups in total. The number of carbonyl (C=O) groups is 1. The van der Waals surface area contributed by atoms with Crippen molar-refractivity contribution in [2.75, 3.05) is 32.8 Å². The smallest absolute Gasteiger partial charge is 0.393 e. The van der Waals surface area contributed by atoms with Crippen LogP contribution < -0.4 is 0 Å². The van der Waals surface area contributed by atoms with Gasteiger partial charge in [0, 0.05) is 53.6 Å². The molecule has 1 aliphatic heterocycles. The largest absolute Gasteiger partial charge is 0.416 e. The Hall–Kier alpha value is -2.86. The van der Waals surface area contributed by atoms with E-state index in [0.29, 0.717) is 64.1 Å². The Morgan fingerprint density at radius 1 is 0.982 bits per heavy atom. The summed E-state index contributed by atoms with van der Waals surface area (Å²) in [7, 11) is 0. The third-order valence-electron chi connectivity index (χ3n) is 15.3. The van der Waals surface area contributed by atoms with E-state index in [1.54, 1.807) is 0 Å². The van der Waals surface area contributed by atoms with Gasteiger partial charge in [0.15, 0.2) is 5.78 Å². The van der Waals surface area contributed by atoms with E-state index in [9.17, 15) is 33.3 Å². The van der Waals surface area contributed by atoms with Gasteiger partial charge in [-0.1, -0.05) is 74.5 Å². The number of hydrogen-bond acceptors (Lipinski definition) is 7. The molecule has 6 aliphatic carbocycles. The highest BCUT2D eigenvalue weighted by Crippen LogP contribution is 2.78. The summed E-state index contributed by atoms with van der Waals surface area (Å²) in [5, 5.41) is 35.3. The van der Waals surface area contributed by atoms with Crippen molar-refractivity contribution < 1.29 is 42.8 Å². The summed E-state index contributed by atoms with van der Waals surface area (Å²) in [5.74, 6) is -0.550. The number of aliphatic hydroxyl groups excluding tert-OH is 2. The van der Waals surface area contributed by atoms with Gasteiger partial charge in [-0.2, -0.15) is 13.2 Å². The van der Waals surface area contributed by atoms with Gasteiger partial charge in [0.25, 0.3) is 0 Å². The number of allylic oxidation sites excluding steroid dienone is 4. The molecule has 9 rings (SSSR count). The highest BCUT2D eigenvalue weighted by atomic mass is 19.4. The number of aliphatic hydroxyl groups is 3. The molecule has 0 radical (unpaired) electrons. The average Bonchev–Trinajstić information content (AvgIpc) is 3.76. The van der Waals surface area contributed by atoms with Crippen molar-refractivity contribution in [3.05, 3.63) is 95.1 Å². The quantitative estimate of drug-likeness (QED) is 0.152. The Morgan fingerprint density at radius 2 is 1.73 bits per heavy atom. The van der Waals surface area contributed by atoms with Crippen LogP contribution in [0.3, 0.4) is 0 Å². The maximum Gasteiger partial charge on any atom is 0.416 e. The van der Waals surface area contributed by atoms with Crippen molar-refractivity contribution in [3.8, 4) is 0 Å². The van der Waals surface area contributed by atoms with Gasteiger partial charge in [-0.3, -0.25) is 9.69 Å². The first-order chi connectivity index (χ1) is 26.1. The molecule has 10 atom stereocenters. The fourth-order valence-electron chi connectivity index (χ4n) is 12.5. The summed E-state index contributed by atoms with van der Waals surface area (Å²) < 4.78 is 53.7. The molecule has 2 aromatic carbocycles. The molecule has 2 aromatic rings. The van der Waals surface area contributed by atoms with Gasteiger partial charge in [0.05, 0.1) is 42.7 Å². The number of nitrogens with zero attached hydrogens (tertiary/aromatic N) is 1. The first kappa shape index (κ1) is 39.0. The second kappa shape index (κ2) is 14.2. The van der Waals surface area contributed by atoms with E-state index in [1.165, 1.54) is 12.1 Å². The van der Waals surface area contributed by atoms with Crippen LogP contribution in [0.15, 0.2) is 78.4 Å². The van der Waals surface area contributed by atoms with Crippen LogP contribution >= 0.6 is 0 Å². The van der Waals surface area contributed by atoms with Gasteiger partial charge >= 0.3 is 6.18 Å². The van der Waals surface area contributed by atoms with E-state index in [2.05, 4.69) is 30.9 Å². The van der Waals surface area contributed by atoms with Crippen molar-refractivity contribution in [2.45, 2.75) is 108 Å². The van der Waals surface area contributed by atoms with Crippen LogP contribution in [0, 0.1) is 33.5 Å². The zero-order chi connectivity index (χ0) is 38.9. The van der Waals surface area contributed by atoms with Gasteiger partial charge < -0.3 is 24.8 Å². The van der Waals surface area contributed by atoms with Crippen LogP contribution in [-0.2, 0) is 22.3 Å². The minimum atomic E-state index is -4.59. The zero-order valence-electron chi connectivity index (χ0n) is 32.1. The van der Waals surface area contributed by atoms with E-state index in [-0.39, 0.29) is 35.5 Å². The number of halogens is 3. The fraction of sp³-hybridized carbons (Fsp3) is 0.622. The number of ether oxygens (including phenoxy) is 2. The molecule has 298 valence electrons. The highest BCUT2D eigenvalue weighted by molar-refractivity contribution is 6.10. The average molecular weight is 764 g/mol. The van der Waals surface area contributed by atoms with Crippen molar-refractivity contribution in [3.63, 3.8) is 0 Å². The number of Topliss-reactive ketones (excluding diaryl/α,β-unsaturated/α-hetero) is 1. The lowest BCUT2D eigenvalue weighted by atomic mass is 9.32. The topological polar surface area (TPSA) is 99.5 Å². The van der Waals surface area contributed by atoms with Gasteiger partial charge in [-0.15, -0.1) is 0 Å². The first-order valence-corrected chi connectivity index (χ1v) is 20.3. The number of rotatable bonds is 12. The van der Waals surface area contributed by atoms with E-state index in [1.807, 2.05) is 36.4 Å². The second-order valence-corrected chi connectivity index (χ2v) is 18.2. The van der Waals surface area contributed by atoms with Gasteiger partial charge in [-0.05, 0) is 92.7 Å². The van der Waals surface area contributed by atoms with Crippen LogP contribution in [0.25, 0.3) is 0 Å². The number of fused-ring (bicyclic) bond motifs is 1. The molecule has 7 nitrogen and oxygen atoms in total. The second-order valence-electron chi connectivity index (χ2n) is 18.2. The zero-order valence-corrected chi connectivity index (χ0v) is 32.1. The van der Waals surface area contributed by atoms with E-state index < -0.39 is 51.6 Å². The molecule has 10 heteroatoms. The maximum atomic E-state index is 14.8. The third-order valence-corrected chi connectivity index (χ3v) is 15.3. The van der Waals surface area contributed by atoms with Crippen LogP contribution in [0.2, 0.25) is 0 Å². The minimum Gasteiger partial charge on any atom is -0.393 e. The lowest BCUT2D eigenvalue weighted by molar-refractivity contribution is -0.177. The molecular weight excluding hydrogens is 707 g/mol. The van der Waals surface area contributed by atoms with Crippen LogP contribution in [0.4, 0.5) is 13.2 Å². The maximum absolute atomic E-state index is 14.8. The molecular formula is C45H56F3NO6. The van der Waals surface area contributed by atoms with E-state index in [4.69, 9.17) is 9.47 Å². The van der Waals surface area contributed by atoms with Gasteiger partial charge in [-0.25, -0.2) is 0 Å². The Kier molecular flexibility index (Phi) is 10.1. The van der Waals surface area contributed by atoms with E-state index in [0.717, 1.165) is 49.8 Å². The molecule has 10 unspecified atom stereocenters. The van der Waals surface area contributed by atoms with Crippen LogP contribution in [0.1, 0.15) is 93.1 Å². The standard InChI is InChI=1S/C45H56F3NO6/c1-40-16-13-33(50)23-42(40)19-20-44(36(24-42)39(52)31-10-6-11-32(22-31)45(46,47)48)37(40)14-17-41(2)38(44)15-18-43(41,53)29-49(26-35-12-7-21-55-35)25-34(51)28-54-27-30-8-4-3-5-9-30/h3-6,8-11,19-20,22,24,33-35,37-38,50-51,53H,7,12-18,21,23,25-29H2,1-2H3. The molecule has 2 bridgehead atoms. The number of ketones is 1. The molecule has 1 heterocycles. The van der Waals surface area contributed by atoms with Crippen LogP contribution in [0.5, 0.6) is 0 Å². The van der Waals surface area contributed by atoms with Crippen molar-refractivity contribution in [1.29, 1.82) is 0 Å². The van der Waals surface area contributed by atoms with Crippen molar-refractivity contribution in [1.82, 2.24) is 4.90 Å². The molecule has 0 amide bonds. The predicted octanol–water partition coefficient (Wildman–Crippen LogP) is 7.54. The normalized spacial score (nSPS) is 38.4. The summed E-state index contributed by atoms with van der Waals surface area (Å²) in [5.41, 5.74) is -2.78. The Morgan fingerprint density at radius 3 is 2.47 bits per heavy atom. The first-order valence-electron chi connectivity index (χ1n) is 20.3. The molecule has 1 saturated heterocycles. The number of alkyl halides is 3. The minimum absolute atomic E-state index is 0.00524. The van der Waals surface area contributed by atoms with E-state index >= 15 is 0 Å². The van der Waals surface area contributed by atoms with Gasteiger partial charge in [0.1, 0.15) is 0 Å². The Balaban J connectivity index is 1.12. The fourth-order valence-corrected chi connectivity index (χ4v) is 12.5. The highest BCUT2D eigenvalue weighted by Gasteiger charge is 2.74. The summed E-state index contributed by atoms with van der Waals surface area (Å²) in [6.45, 7) is 6.84. The monoisotopic (exact) mass is 763 g/mol. The summed E-state index contributed by atoms with van der Waals surface area (Å²) in [4.78, 5) is 17.0. The Bertz CT molecular complexity index is 1810. The SMILES string of the molecule is CC12CCC(O)CC13C=CC1(C(C(=O)c4cccc(C(F)(F)F)c4)=C3)C2CCC2(C)C1CCC2(O)CN(CC(O)COCc1ccccc1)CC1CCCO1. The predicted molar refractivity (Wildman–Crippen MR) is 202 cm³/mol. The molecule has 0 aromatic heterocycles. The number of benzene rings is 2. The lowest BCUT2D eigenvalue weighted by Crippen LogP contribution is -2.67. The summed E-state index contributed by atoms with van der Waals surface area (Å²) in [6.07, 6.45) is 6.87. The molecule has 3 saturated carbocycles. The summed E-state index contributed by atoms with van der Waals surface area (Å²) >= 11 is 0. The third kappa shape index (κ3) is 6.47. The Labute approximate surface area is 322 Å². The molecule has 2 spiro atoms. The van der Waals surface area contributed by atoms with Gasteiger partial charge in [0.2, 0.25) is 0 Å². The summed E-state index contributed by atoms with van der Waals surface area (Å²) in [6, 6.07) is 14.6. The molecule has 7 aliphatic rings. The van der Waals surface area contributed by atoms with Crippen molar-refractivity contribution in [2.24, 2.45) is 33.5 Å². The lowest BCUT2D eigenvalue weighted by Gasteiger charge is -2.71. The number of hydrogen-bond donors (Lipinski definition) is 3. The molecule has 4 fully saturated rings. The van der Waals surface area contributed by atoms with Crippen LogP contribution in [-0.4, -0.2) is 82.8 Å². The molecule has 55 heavy (non-hydrogen) atoms. The van der Waals surface area contributed by atoms with Crippen molar-refractivity contribution >= 4 is 5.78 Å².